The fourth-order valence-electron chi connectivity index (χ4n) is 6.76. The minimum Gasteiger partial charge on any atom is -0.502 e. The Morgan fingerprint density at radius 2 is 1.51 bits per heavy atom. The molecule has 0 spiro atoms. The van der Waals surface area contributed by atoms with Crippen LogP contribution in [0.15, 0.2) is 60.7 Å². The number of fused-ring (bicyclic) bond motifs is 3. The second-order valence-electron chi connectivity index (χ2n) is 11.6. The van der Waals surface area contributed by atoms with Gasteiger partial charge >= 0.3 is 5.97 Å². The lowest BCUT2D eigenvalue weighted by atomic mass is 9.65. The number of methoxy groups -OCH3 is 2. The summed E-state index contributed by atoms with van der Waals surface area (Å²) < 4.78 is 28.0. The molecule has 3 N–H and O–H groups in total. The molecule has 13 heteroatoms. The number of carbonyl (C=O) groups excluding carboxylic acids is 4. The van der Waals surface area contributed by atoms with Gasteiger partial charge in [0.1, 0.15) is 0 Å². The third-order valence-corrected chi connectivity index (χ3v) is 9.00. The number of imide groups is 1. The highest BCUT2D eigenvalue weighted by atomic mass is 16.7. The van der Waals surface area contributed by atoms with Gasteiger partial charge in [-0.25, -0.2) is 0 Å². The van der Waals surface area contributed by atoms with Crippen LogP contribution in [-0.4, -0.2) is 67.9 Å². The van der Waals surface area contributed by atoms with E-state index in [-0.39, 0.29) is 67.5 Å². The molecule has 13 nitrogen and oxygen atoms in total. The zero-order chi connectivity index (χ0) is 32.8. The van der Waals surface area contributed by atoms with Crippen LogP contribution < -0.4 is 29.6 Å². The van der Waals surface area contributed by atoms with E-state index in [0.717, 1.165) is 21.7 Å². The maximum atomic E-state index is 13.4. The average molecular weight is 642 g/mol. The predicted molar refractivity (Wildman–Crippen MR) is 165 cm³/mol. The van der Waals surface area contributed by atoms with Crippen LogP contribution in [0.1, 0.15) is 35.1 Å². The number of cyclic esters (lactones) is 1. The Hall–Kier alpha value is -5.72. The van der Waals surface area contributed by atoms with E-state index in [2.05, 4.69) is 10.6 Å². The van der Waals surface area contributed by atoms with Gasteiger partial charge in [0.05, 0.1) is 32.8 Å². The first kappa shape index (κ1) is 30.0. The van der Waals surface area contributed by atoms with Crippen molar-refractivity contribution in [3.8, 4) is 28.7 Å². The summed E-state index contributed by atoms with van der Waals surface area (Å²) in [5, 5.41) is 17.0. The SMILES string of the molecule is COc1cc([C@@H]2c3cc4c(cc3[C@@H](Nc3ccc(NC(=O)CCN5C(=O)C=CC5=O)cc3)[C@H]3COC(=O)[C@H]23)OCO4)cc(OC)c1O. The Bertz CT molecular complexity index is 1780. The minimum atomic E-state index is -0.581. The topological polar surface area (TPSA) is 162 Å². The molecule has 3 amide bonds. The van der Waals surface area contributed by atoms with Crippen LogP contribution in [0.2, 0.25) is 0 Å². The molecule has 1 saturated heterocycles. The largest absolute Gasteiger partial charge is 0.502 e. The zero-order valence-corrected chi connectivity index (χ0v) is 25.5. The van der Waals surface area contributed by atoms with Gasteiger partial charge < -0.3 is 39.4 Å². The third-order valence-electron chi connectivity index (χ3n) is 9.00. The van der Waals surface area contributed by atoms with E-state index in [1.165, 1.54) is 26.4 Å². The van der Waals surface area contributed by atoms with Crippen LogP contribution in [0.3, 0.4) is 0 Å². The number of esters is 1. The lowest BCUT2D eigenvalue weighted by Crippen LogP contribution is -2.37. The Labute approximate surface area is 269 Å². The number of hydrogen-bond acceptors (Lipinski definition) is 11. The van der Waals surface area contributed by atoms with Crippen LogP contribution in [0.5, 0.6) is 28.7 Å². The molecular formula is C34H31N3O10. The van der Waals surface area contributed by atoms with Gasteiger partial charge in [-0.15, -0.1) is 0 Å². The molecule has 3 aromatic rings. The predicted octanol–water partition coefficient (Wildman–Crippen LogP) is 3.48. The van der Waals surface area contributed by atoms with Crippen molar-refractivity contribution < 1.29 is 48.0 Å². The van der Waals surface area contributed by atoms with Crippen molar-refractivity contribution in [3.05, 3.63) is 77.4 Å². The molecule has 242 valence electrons. The minimum absolute atomic E-state index is 0.0102. The molecule has 0 aromatic heterocycles. The molecule has 0 saturated carbocycles. The van der Waals surface area contributed by atoms with Gasteiger partial charge in [0.2, 0.25) is 18.4 Å². The number of benzene rings is 3. The van der Waals surface area contributed by atoms with Gasteiger partial charge in [0, 0.05) is 48.3 Å². The number of aromatic hydroxyl groups is 1. The number of rotatable bonds is 9. The van der Waals surface area contributed by atoms with Crippen molar-refractivity contribution in [2.75, 3.05) is 44.8 Å². The van der Waals surface area contributed by atoms with Crippen LogP contribution in [0.4, 0.5) is 11.4 Å². The van der Waals surface area contributed by atoms with Crippen molar-refractivity contribution in [2.45, 2.75) is 18.4 Å². The monoisotopic (exact) mass is 641 g/mol. The number of amides is 3. The van der Waals surface area contributed by atoms with Crippen molar-refractivity contribution in [1.29, 1.82) is 0 Å². The van der Waals surface area contributed by atoms with E-state index in [0.29, 0.717) is 22.7 Å². The van der Waals surface area contributed by atoms with Crippen LogP contribution in [-0.2, 0) is 23.9 Å². The van der Waals surface area contributed by atoms with Gasteiger partial charge in [0.25, 0.3) is 11.8 Å². The fraction of sp³-hybridized carbons (Fsp3) is 0.294. The molecule has 3 aliphatic heterocycles. The maximum absolute atomic E-state index is 13.4. The van der Waals surface area contributed by atoms with Crippen molar-refractivity contribution in [1.82, 2.24) is 4.90 Å². The molecule has 7 rings (SSSR count). The van der Waals surface area contributed by atoms with Crippen LogP contribution in [0.25, 0.3) is 0 Å². The lowest BCUT2D eigenvalue weighted by Gasteiger charge is -2.40. The molecular weight excluding hydrogens is 610 g/mol. The molecule has 0 bridgehead atoms. The number of carbonyl (C=O) groups is 4. The maximum Gasteiger partial charge on any atom is 0.310 e. The summed E-state index contributed by atoms with van der Waals surface area (Å²) in [6, 6.07) is 14.0. The van der Waals surface area contributed by atoms with Gasteiger partial charge in [0.15, 0.2) is 23.0 Å². The summed E-state index contributed by atoms with van der Waals surface area (Å²) in [6.07, 6.45) is 2.33. The highest BCUT2D eigenvalue weighted by Gasteiger charge is 2.52. The number of nitrogens with one attached hydrogen (secondary N) is 2. The Morgan fingerprint density at radius 3 is 2.15 bits per heavy atom. The molecule has 4 atom stereocenters. The summed E-state index contributed by atoms with van der Waals surface area (Å²) in [5.41, 5.74) is 3.70. The second kappa shape index (κ2) is 11.9. The highest BCUT2D eigenvalue weighted by molar-refractivity contribution is 6.13. The van der Waals surface area contributed by atoms with Gasteiger partial charge in [-0.1, -0.05) is 0 Å². The Kier molecular flexibility index (Phi) is 7.58. The number of anilines is 2. The van der Waals surface area contributed by atoms with E-state index in [9.17, 15) is 24.3 Å². The normalized spacial score (nSPS) is 22.1. The summed E-state index contributed by atoms with van der Waals surface area (Å²) in [7, 11) is 2.90. The summed E-state index contributed by atoms with van der Waals surface area (Å²) in [4.78, 5) is 50.5. The molecule has 4 aliphatic rings. The van der Waals surface area contributed by atoms with E-state index in [4.69, 9.17) is 23.7 Å². The molecule has 47 heavy (non-hydrogen) atoms. The smallest absolute Gasteiger partial charge is 0.310 e. The molecule has 0 radical (unpaired) electrons. The number of nitrogens with zero attached hydrogens (tertiary/aromatic N) is 1. The quantitative estimate of drug-likeness (QED) is 0.232. The first-order valence-electron chi connectivity index (χ1n) is 15.0. The molecule has 1 fully saturated rings. The van der Waals surface area contributed by atoms with Crippen molar-refractivity contribution >= 4 is 35.1 Å². The van der Waals surface area contributed by atoms with Gasteiger partial charge in [-0.2, -0.15) is 0 Å². The zero-order valence-electron chi connectivity index (χ0n) is 25.5. The molecule has 3 aromatic carbocycles. The summed E-state index contributed by atoms with van der Waals surface area (Å²) >= 11 is 0. The molecule has 0 unspecified atom stereocenters. The van der Waals surface area contributed by atoms with Crippen LogP contribution in [0, 0.1) is 11.8 Å². The Balaban J connectivity index is 1.17. The second-order valence-corrected chi connectivity index (χ2v) is 11.6. The number of phenolic OH excluding ortho intramolecular Hbond substituents is 1. The lowest BCUT2D eigenvalue weighted by molar-refractivity contribution is -0.142. The number of phenols is 1. The summed E-state index contributed by atoms with van der Waals surface area (Å²) in [5.74, 6) is -1.44. The van der Waals surface area contributed by atoms with E-state index >= 15 is 0 Å². The van der Waals surface area contributed by atoms with Crippen LogP contribution >= 0.6 is 0 Å². The van der Waals surface area contributed by atoms with Crippen molar-refractivity contribution in [2.24, 2.45) is 11.8 Å². The highest BCUT2D eigenvalue weighted by Crippen LogP contribution is 2.56. The average Bonchev–Trinajstić information content (AvgIpc) is 3.78. The molecule has 3 heterocycles. The van der Waals surface area contributed by atoms with E-state index in [1.807, 2.05) is 24.3 Å². The first-order chi connectivity index (χ1) is 22.7. The van der Waals surface area contributed by atoms with Gasteiger partial charge in [-0.3, -0.25) is 24.1 Å². The first-order valence-corrected chi connectivity index (χ1v) is 15.0. The fourth-order valence-corrected chi connectivity index (χ4v) is 6.76. The number of hydrogen-bond donors (Lipinski definition) is 3. The number of ether oxygens (including phenoxy) is 5. The molecule has 1 aliphatic carbocycles. The third kappa shape index (κ3) is 5.33. The Morgan fingerprint density at radius 1 is 0.894 bits per heavy atom. The summed E-state index contributed by atoms with van der Waals surface area (Å²) in [6.45, 7) is 0.249. The van der Waals surface area contributed by atoms with Crippen molar-refractivity contribution in [3.63, 3.8) is 0 Å². The van der Waals surface area contributed by atoms with Gasteiger partial charge in [-0.05, 0) is 65.2 Å². The standard InChI is InChI=1S/C34H31N3O10/c1-43-25-11-17(12-26(44-2)33(25)41)30-20-13-23-24(47-16-46-23)14-21(20)32(22-15-45-34(42)31(22)30)36-19-5-3-18(4-6-19)35-27(38)9-10-37-28(39)7-8-29(37)40/h3-8,11-14,22,30-32,36,41H,9-10,15-16H2,1-2H3,(H,35,38)/t22-,30+,31-,32+/m0/s1. The van der Waals surface area contributed by atoms with E-state index in [1.54, 1.807) is 24.3 Å². The van der Waals surface area contributed by atoms with E-state index < -0.39 is 23.7 Å².